The fraction of sp³-hybridized carbons (Fsp3) is 0.250. The van der Waals surface area contributed by atoms with Gasteiger partial charge in [-0.15, -0.1) is 0 Å². The van der Waals surface area contributed by atoms with Gasteiger partial charge in [-0.1, -0.05) is 18.2 Å². The van der Waals surface area contributed by atoms with Gasteiger partial charge in [-0.25, -0.2) is 4.39 Å². The minimum Gasteiger partial charge on any atom is -0.490 e. The summed E-state index contributed by atoms with van der Waals surface area (Å²) in [7, 11) is 0. The van der Waals surface area contributed by atoms with Gasteiger partial charge < -0.3 is 15.2 Å². The molecule has 0 saturated heterocycles. The van der Waals surface area contributed by atoms with Gasteiger partial charge in [-0.2, -0.15) is 0 Å². The highest BCUT2D eigenvalue weighted by atomic mass is 19.1. The van der Waals surface area contributed by atoms with Crippen LogP contribution >= 0.6 is 0 Å². The van der Waals surface area contributed by atoms with Gasteiger partial charge in [0.2, 0.25) is 0 Å². The van der Waals surface area contributed by atoms with Gasteiger partial charge in [0.25, 0.3) is 0 Å². The van der Waals surface area contributed by atoms with E-state index in [0.29, 0.717) is 31.1 Å². The van der Waals surface area contributed by atoms with Crippen molar-refractivity contribution in [1.82, 2.24) is 0 Å². The maximum atomic E-state index is 13.3. The predicted molar refractivity (Wildman–Crippen MR) is 76.5 cm³/mol. The van der Waals surface area contributed by atoms with Gasteiger partial charge in [0.05, 0.1) is 0 Å². The van der Waals surface area contributed by atoms with Crippen molar-refractivity contribution in [3.05, 3.63) is 59.4 Å². The van der Waals surface area contributed by atoms with E-state index in [0.717, 1.165) is 11.3 Å². The fourth-order valence-electron chi connectivity index (χ4n) is 1.74. The van der Waals surface area contributed by atoms with Crippen LogP contribution in [0.15, 0.2) is 42.5 Å². The number of aryl methyl sites for hydroxylation is 1. The van der Waals surface area contributed by atoms with Gasteiger partial charge in [0.1, 0.15) is 30.5 Å². The highest BCUT2D eigenvalue weighted by Crippen LogP contribution is 2.16. The van der Waals surface area contributed by atoms with Crippen molar-refractivity contribution in [2.24, 2.45) is 5.73 Å². The highest BCUT2D eigenvalue weighted by molar-refractivity contribution is 5.29. The van der Waals surface area contributed by atoms with Gasteiger partial charge in [-0.05, 0) is 36.2 Å². The standard InChI is InChI=1S/C16H18FNO2/c1-12-5-6-15(10-16(12)17)20-8-7-19-14-4-2-3-13(9-14)11-18/h2-6,9-10H,7-8,11,18H2,1H3. The first kappa shape index (κ1) is 14.3. The Hall–Kier alpha value is -2.07. The number of rotatable bonds is 6. The summed E-state index contributed by atoms with van der Waals surface area (Å²) in [5, 5.41) is 0. The van der Waals surface area contributed by atoms with Crippen molar-refractivity contribution in [3.63, 3.8) is 0 Å². The van der Waals surface area contributed by atoms with Gasteiger partial charge in [0, 0.05) is 12.6 Å². The van der Waals surface area contributed by atoms with Crippen molar-refractivity contribution < 1.29 is 13.9 Å². The van der Waals surface area contributed by atoms with Crippen LogP contribution < -0.4 is 15.2 Å². The minimum absolute atomic E-state index is 0.265. The second kappa shape index (κ2) is 6.91. The number of nitrogens with two attached hydrogens (primary N) is 1. The lowest BCUT2D eigenvalue weighted by molar-refractivity contribution is 0.216. The summed E-state index contributed by atoms with van der Waals surface area (Å²) in [6.45, 7) is 2.95. The number of ether oxygens (including phenoxy) is 2. The molecule has 20 heavy (non-hydrogen) atoms. The van der Waals surface area contributed by atoms with E-state index in [9.17, 15) is 4.39 Å². The van der Waals surface area contributed by atoms with E-state index in [2.05, 4.69) is 0 Å². The SMILES string of the molecule is Cc1ccc(OCCOc2cccc(CN)c2)cc1F. The van der Waals surface area contributed by atoms with Crippen LogP contribution in [0.1, 0.15) is 11.1 Å². The second-order valence-corrected chi connectivity index (χ2v) is 4.46. The third-order valence-electron chi connectivity index (χ3n) is 2.90. The lowest BCUT2D eigenvalue weighted by Gasteiger charge is -2.09. The summed E-state index contributed by atoms with van der Waals surface area (Å²) in [6.07, 6.45) is 0. The van der Waals surface area contributed by atoms with Crippen LogP contribution in [-0.2, 0) is 6.54 Å². The average molecular weight is 275 g/mol. The molecular formula is C16H18FNO2. The Morgan fingerprint density at radius 3 is 2.35 bits per heavy atom. The number of benzene rings is 2. The topological polar surface area (TPSA) is 44.5 Å². The van der Waals surface area contributed by atoms with E-state index >= 15 is 0 Å². The molecule has 0 aliphatic rings. The van der Waals surface area contributed by atoms with Crippen LogP contribution in [0.5, 0.6) is 11.5 Å². The molecule has 2 N–H and O–H groups in total. The molecule has 0 aromatic heterocycles. The van der Waals surface area contributed by atoms with Crippen molar-refractivity contribution in [1.29, 1.82) is 0 Å². The molecule has 0 aliphatic carbocycles. The number of halogens is 1. The molecule has 0 saturated carbocycles. The number of hydrogen-bond donors (Lipinski definition) is 1. The number of hydrogen-bond acceptors (Lipinski definition) is 3. The van der Waals surface area contributed by atoms with E-state index in [4.69, 9.17) is 15.2 Å². The zero-order valence-electron chi connectivity index (χ0n) is 11.4. The van der Waals surface area contributed by atoms with E-state index < -0.39 is 0 Å². The third-order valence-corrected chi connectivity index (χ3v) is 2.90. The first-order valence-electron chi connectivity index (χ1n) is 6.50. The first-order chi connectivity index (χ1) is 9.69. The van der Waals surface area contributed by atoms with E-state index in [-0.39, 0.29) is 5.82 Å². The van der Waals surface area contributed by atoms with Gasteiger partial charge >= 0.3 is 0 Å². The van der Waals surface area contributed by atoms with Gasteiger partial charge in [-0.3, -0.25) is 0 Å². The molecule has 2 rings (SSSR count). The highest BCUT2D eigenvalue weighted by Gasteiger charge is 2.01. The molecular weight excluding hydrogens is 257 g/mol. The summed E-state index contributed by atoms with van der Waals surface area (Å²) in [5.41, 5.74) is 7.18. The summed E-state index contributed by atoms with van der Waals surface area (Å²) in [6, 6.07) is 12.4. The molecule has 0 fully saturated rings. The molecule has 0 heterocycles. The Balaban J connectivity index is 1.79. The molecule has 0 aliphatic heterocycles. The summed E-state index contributed by atoms with van der Waals surface area (Å²) >= 11 is 0. The van der Waals surface area contributed by atoms with Crippen LogP contribution in [0, 0.1) is 12.7 Å². The Bertz CT molecular complexity index is 572. The molecule has 0 amide bonds. The van der Waals surface area contributed by atoms with Crippen molar-refractivity contribution in [3.8, 4) is 11.5 Å². The minimum atomic E-state index is -0.265. The maximum absolute atomic E-state index is 13.3. The maximum Gasteiger partial charge on any atom is 0.129 e. The van der Waals surface area contributed by atoms with Crippen LogP contribution in [0.2, 0.25) is 0 Å². The van der Waals surface area contributed by atoms with E-state index in [1.807, 2.05) is 24.3 Å². The first-order valence-corrected chi connectivity index (χ1v) is 6.50. The summed E-state index contributed by atoms with van der Waals surface area (Å²) in [5.74, 6) is 0.998. The normalized spacial score (nSPS) is 10.3. The van der Waals surface area contributed by atoms with Crippen molar-refractivity contribution in [2.75, 3.05) is 13.2 Å². The Kier molecular flexibility index (Phi) is 4.96. The largest absolute Gasteiger partial charge is 0.490 e. The lowest BCUT2D eigenvalue weighted by atomic mass is 10.2. The molecule has 106 valence electrons. The average Bonchev–Trinajstić information content (AvgIpc) is 2.47. The smallest absolute Gasteiger partial charge is 0.129 e. The molecule has 0 radical (unpaired) electrons. The Morgan fingerprint density at radius 1 is 1.00 bits per heavy atom. The van der Waals surface area contributed by atoms with Crippen molar-refractivity contribution in [2.45, 2.75) is 13.5 Å². The molecule has 4 heteroatoms. The third kappa shape index (κ3) is 3.96. The summed E-state index contributed by atoms with van der Waals surface area (Å²) in [4.78, 5) is 0. The lowest BCUT2D eigenvalue weighted by Crippen LogP contribution is -2.09. The monoisotopic (exact) mass is 275 g/mol. The molecule has 0 bridgehead atoms. The predicted octanol–water partition coefficient (Wildman–Crippen LogP) is 3.05. The van der Waals surface area contributed by atoms with Crippen LogP contribution in [0.25, 0.3) is 0 Å². The van der Waals surface area contributed by atoms with E-state index in [1.165, 1.54) is 6.07 Å². The van der Waals surface area contributed by atoms with Crippen LogP contribution in [0.3, 0.4) is 0 Å². The molecule has 0 atom stereocenters. The van der Waals surface area contributed by atoms with Crippen molar-refractivity contribution >= 4 is 0 Å². The molecule has 0 spiro atoms. The van der Waals surface area contributed by atoms with Crippen LogP contribution in [0.4, 0.5) is 4.39 Å². The molecule has 0 unspecified atom stereocenters. The molecule has 2 aromatic carbocycles. The van der Waals surface area contributed by atoms with Gasteiger partial charge in [0.15, 0.2) is 0 Å². The zero-order chi connectivity index (χ0) is 14.4. The molecule has 3 nitrogen and oxygen atoms in total. The zero-order valence-corrected chi connectivity index (χ0v) is 11.4. The Morgan fingerprint density at radius 2 is 1.70 bits per heavy atom. The Labute approximate surface area is 118 Å². The molecule has 2 aromatic rings. The fourth-order valence-corrected chi connectivity index (χ4v) is 1.74. The van der Waals surface area contributed by atoms with Crippen LogP contribution in [-0.4, -0.2) is 13.2 Å². The second-order valence-electron chi connectivity index (χ2n) is 4.46. The van der Waals surface area contributed by atoms with E-state index in [1.54, 1.807) is 19.1 Å². The quantitative estimate of drug-likeness (QED) is 0.824. The summed E-state index contributed by atoms with van der Waals surface area (Å²) < 4.78 is 24.3.